The van der Waals surface area contributed by atoms with Crippen molar-refractivity contribution in [2.45, 2.75) is 39.8 Å². The van der Waals surface area contributed by atoms with Crippen LogP contribution in [0.4, 0.5) is 0 Å². The molecular formula is C14H22N2O2. The average Bonchev–Trinajstić information content (AvgIpc) is 2.21. The van der Waals surface area contributed by atoms with Crippen molar-refractivity contribution < 1.29 is 9.90 Å². The summed E-state index contributed by atoms with van der Waals surface area (Å²) < 4.78 is 0. The lowest BCUT2D eigenvalue weighted by Gasteiger charge is -2.20. The molecule has 0 radical (unpaired) electrons. The number of carbonyl (C=O) groups is 1. The third-order valence-electron chi connectivity index (χ3n) is 2.44. The first kappa shape index (κ1) is 14.5. The van der Waals surface area contributed by atoms with Crippen molar-refractivity contribution in [2.75, 3.05) is 6.54 Å². The first-order valence-corrected chi connectivity index (χ1v) is 6.09. The fourth-order valence-corrected chi connectivity index (χ4v) is 1.64. The van der Waals surface area contributed by atoms with Crippen LogP contribution in [0.2, 0.25) is 0 Å². The van der Waals surface area contributed by atoms with Crippen LogP contribution in [0.25, 0.3) is 0 Å². The highest BCUT2D eigenvalue weighted by molar-refractivity contribution is 5.78. The van der Waals surface area contributed by atoms with Crippen molar-refractivity contribution in [2.24, 2.45) is 0 Å². The fourth-order valence-electron chi connectivity index (χ4n) is 1.64. The van der Waals surface area contributed by atoms with E-state index in [1.54, 1.807) is 0 Å². The van der Waals surface area contributed by atoms with E-state index in [-0.39, 0.29) is 18.0 Å². The van der Waals surface area contributed by atoms with E-state index in [4.69, 9.17) is 0 Å². The summed E-state index contributed by atoms with van der Waals surface area (Å²) in [5.41, 5.74) is 1.43. The number of phenols is 1. The van der Waals surface area contributed by atoms with Crippen molar-refractivity contribution >= 4 is 5.91 Å². The molecule has 0 atom stereocenters. The lowest BCUT2D eigenvalue weighted by Crippen LogP contribution is -2.44. The van der Waals surface area contributed by atoms with Gasteiger partial charge in [-0.3, -0.25) is 4.79 Å². The Labute approximate surface area is 108 Å². The van der Waals surface area contributed by atoms with Gasteiger partial charge in [0.1, 0.15) is 5.75 Å². The normalized spacial score (nSPS) is 11.3. The van der Waals surface area contributed by atoms with Gasteiger partial charge in [-0.25, -0.2) is 0 Å². The summed E-state index contributed by atoms with van der Waals surface area (Å²) in [6, 6.07) is 5.59. The van der Waals surface area contributed by atoms with E-state index in [1.807, 2.05) is 45.9 Å². The zero-order valence-corrected chi connectivity index (χ0v) is 11.5. The molecule has 0 heterocycles. The molecule has 0 spiro atoms. The number of hydrogen-bond acceptors (Lipinski definition) is 3. The van der Waals surface area contributed by atoms with E-state index in [2.05, 4.69) is 10.6 Å². The highest BCUT2D eigenvalue weighted by Crippen LogP contribution is 2.20. The monoisotopic (exact) mass is 250 g/mol. The summed E-state index contributed by atoms with van der Waals surface area (Å²) in [4.78, 5) is 11.6. The summed E-state index contributed by atoms with van der Waals surface area (Å²) in [5.74, 6) is 0.246. The number of rotatable bonds is 4. The number of amides is 1. The number of para-hydroxylation sites is 1. The largest absolute Gasteiger partial charge is 0.507 e. The van der Waals surface area contributed by atoms with E-state index < -0.39 is 0 Å². The van der Waals surface area contributed by atoms with Crippen LogP contribution in [0.1, 0.15) is 31.9 Å². The molecular weight excluding hydrogens is 228 g/mol. The number of carbonyl (C=O) groups excluding carboxylic acids is 1. The first-order chi connectivity index (χ1) is 8.29. The molecule has 1 amide bonds. The zero-order valence-electron chi connectivity index (χ0n) is 11.5. The van der Waals surface area contributed by atoms with E-state index in [9.17, 15) is 9.90 Å². The summed E-state index contributed by atoms with van der Waals surface area (Å²) in [5, 5.41) is 15.7. The highest BCUT2D eigenvalue weighted by atomic mass is 16.3. The van der Waals surface area contributed by atoms with Crippen LogP contribution in [0.5, 0.6) is 5.75 Å². The number of phenolic OH excluding ortho intramolecular Hbond substituents is 1. The summed E-state index contributed by atoms with van der Waals surface area (Å²) in [7, 11) is 0. The minimum atomic E-state index is -0.218. The summed E-state index contributed by atoms with van der Waals surface area (Å²) in [6.45, 7) is 8.40. The fraction of sp³-hybridized carbons (Fsp3) is 0.500. The molecule has 0 saturated carbocycles. The van der Waals surface area contributed by atoms with Gasteiger partial charge in [-0.2, -0.15) is 0 Å². The summed E-state index contributed by atoms with van der Waals surface area (Å²) in [6.07, 6.45) is 0. The topological polar surface area (TPSA) is 61.4 Å². The van der Waals surface area contributed by atoms with Gasteiger partial charge in [0.05, 0.1) is 6.54 Å². The van der Waals surface area contributed by atoms with Crippen LogP contribution in [0.3, 0.4) is 0 Å². The van der Waals surface area contributed by atoms with Crippen molar-refractivity contribution in [1.29, 1.82) is 0 Å². The lowest BCUT2D eigenvalue weighted by molar-refractivity contribution is -0.121. The smallest absolute Gasteiger partial charge is 0.234 e. The predicted molar refractivity (Wildman–Crippen MR) is 72.4 cm³/mol. The standard InChI is InChI=1S/C14H22N2O2/c1-10-6-5-7-11(13(10)18)8-15-9-12(17)16-14(2,3)4/h5-7,15,18H,8-9H2,1-4H3,(H,16,17). The SMILES string of the molecule is Cc1cccc(CNCC(=O)NC(C)(C)C)c1O. The van der Waals surface area contributed by atoms with Gasteiger partial charge in [0, 0.05) is 17.6 Å². The molecule has 1 aromatic rings. The molecule has 0 aliphatic carbocycles. The molecule has 4 nitrogen and oxygen atoms in total. The van der Waals surface area contributed by atoms with Crippen molar-refractivity contribution in [1.82, 2.24) is 10.6 Å². The second-order valence-electron chi connectivity index (χ2n) is 5.48. The van der Waals surface area contributed by atoms with E-state index >= 15 is 0 Å². The second-order valence-corrected chi connectivity index (χ2v) is 5.48. The Balaban J connectivity index is 2.43. The maximum absolute atomic E-state index is 11.6. The Bertz CT molecular complexity index is 422. The number of aryl methyl sites for hydroxylation is 1. The van der Waals surface area contributed by atoms with Crippen molar-refractivity contribution in [3.63, 3.8) is 0 Å². The number of benzene rings is 1. The van der Waals surface area contributed by atoms with Gasteiger partial charge < -0.3 is 15.7 Å². The Morgan fingerprint density at radius 3 is 2.61 bits per heavy atom. The quantitative estimate of drug-likeness (QED) is 0.762. The Hall–Kier alpha value is -1.55. The van der Waals surface area contributed by atoms with Crippen LogP contribution in [0.15, 0.2) is 18.2 Å². The summed E-state index contributed by atoms with van der Waals surface area (Å²) >= 11 is 0. The molecule has 3 N–H and O–H groups in total. The third-order valence-corrected chi connectivity index (χ3v) is 2.44. The minimum Gasteiger partial charge on any atom is -0.507 e. The molecule has 4 heteroatoms. The van der Waals surface area contributed by atoms with Gasteiger partial charge >= 0.3 is 0 Å². The highest BCUT2D eigenvalue weighted by Gasteiger charge is 2.13. The Morgan fingerprint density at radius 1 is 1.33 bits per heavy atom. The molecule has 0 aliphatic heterocycles. The van der Waals surface area contributed by atoms with Gasteiger partial charge in [-0.15, -0.1) is 0 Å². The third kappa shape index (κ3) is 4.75. The number of nitrogens with one attached hydrogen (secondary N) is 2. The van der Waals surface area contributed by atoms with E-state index in [1.165, 1.54) is 0 Å². The average molecular weight is 250 g/mol. The molecule has 0 aliphatic rings. The molecule has 0 aromatic heterocycles. The Kier molecular flexibility index (Phi) is 4.73. The van der Waals surface area contributed by atoms with Crippen LogP contribution in [-0.2, 0) is 11.3 Å². The van der Waals surface area contributed by atoms with Crippen LogP contribution < -0.4 is 10.6 Å². The molecule has 1 aromatic carbocycles. The van der Waals surface area contributed by atoms with Crippen LogP contribution in [-0.4, -0.2) is 23.1 Å². The maximum Gasteiger partial charge on any atom is 0.234 e. The molecule has 0 unspecified atom stereocenters. The van der Waals surface area contributed by atoms with Crippen molar-refractivity contribution in [3.05, 3.63) is 29.3 Å². The molecule has 18 heavy (non-hydrogen) atoms. The predicted octanol–water partition coefficient (Wildman–Crippen LogP) is 1.70. The van der Waals surface area contributed by atoms with Gasteiger partial charge in [-0.05, 0) is 33.3 Å². The van der Waals surface area contributed by atoms with Crippen molar-refractivity contribution in [3.8, 4) is 5.75 Å². The van der Waals surface area contributed by atoms with E-state index in [0.29, 0.717) is 12.3 Å². The van der Waals surface area contributed by atoms with Gasteiger partial charge in [-0.1, -0.05) is 18.2 Å². The van der Waals surface area contributed by atoms with Gasteiger partial charge in [0.15, 0.2) is 0 Å². The minimum absolute atomic E-state index is 0.0466. The first-order valence-electron chi connectivity index (χ1n) is 6.09. The second kappa shape index (κ2) is 5.87. The number of hydrogen-bond donors (Lipinski definition) is 3. The maximum atomic E-state index is 11.6. The molecule has 0 saturated heterocycles. The molecule has 1 rings (SSSR count). The molecule has 100 valence electrons. The molecule has 0 bridgehead atoms. The van der Waals surface area contributed by atoms with Crippen LogP contribution in [0, 0.1) is 6.92 Å². The number of aromatic hydroxyl groups is 1. The zero-order chi connectivity index (χ0) is 13.8. The van der Waals surface area contributed by atoms with Crippen LogP contribution >= 0.6 is 0 Å². The Morgan fingerprint density at radius 2 is 2.00 bits per heavy atom. The molecule has 0 fully saturated rings. The van der Waals surface area contributed by atoms with E-state index in [0.717, 1.165) is 11.1 Å². The lowest BCUT2D eigenvalue weighted by atomic mass is 10.1. The van der Waals surface area contributed by atoms with Gasteiger partial charge in [0.2, 0.25) is 5.91 Å². The van der Waals surface area contributed by atoms with Gasteiger partial charge in [0.25, 0.3) is 0 Å².